The van der Waals surface area contributed by atoms with Crippen LogP contribution in [0, 0.1) is 0 Å². The number of aliphatic imine (C=N–C) groups is 1. The predicted octanol–water partition coefficient (Wildman–Crippen LogP) is 8.19. The van der Waals surface area contributed by atoms with Gasteiger partial charge in [0.2, 0.25) is 0 Å². The smallest absolute Gasteiger partial charge is 0.264 e. The van der Waals surface area contributed by atoms with Crippen LogP contribution in [0.4, 0.5) is 5.69 Å². The molecule has 1 aliphatic heterocycles. The lowest BCUT2D eigenvalue weighted by atomic mass is 10.1. The van der Waals surface area contributed by atoms with Crippen LogP contribution in [0.3, 0.4) is 0 Å². The molecule has 0 unspecified atom stereocenters. The van der Waals surface area contributed by atoms with E-state index in [4.69, 9.17) is 30.5 Å². The number of carbonyl (C=O) groups excluding carboxylic acids is 1. The Hall–Kier alpha value is -4.40. The highest BCUT2D eigenvalue weighted by atomic mass is 35.5. The van der Waals surface area contributed by atoms with Crippen molar-refractivity contribution in [2.45, 2.75) is 27.1 Å². The number of nitrogens with zero attached hydrogens (tertiary/aromatic N) is 1. The van der Waals surface area contributed by atoms with Crippen molar-refractivity contribution in [1.82, 2.24) is 5.32 Å². The number of halogens is 1. The first kappa shape index (κ1) is 30.1. The Bertz CT molecular complexity index is 1620. The first-order valence-electron chi connectivity index (χ1n) is 13.9. The van der Waals surface area contributed by atoms with E-state index in [-0.39, 0.29) is 5.91 Å². The minimum atomic E-state index is -0.211. The van der Waals surface area contributed by atoms with Gasteiger partial charge in [0.15, 0.2) is 28.2 Å². The minimum absolute atomic E-state index is 0.211. The van der Waals surface area contributed by atoms with Gasteiger partial charge in [-0.25, -0.2) is 4.99 Å². The van der Waals surface area contributed by atoms with Gasteiger partial charge in [-0.1, -0.05) is 54.1 Å². The van der Waals surface area contributed by atoms with Crippen molar-refractivity contribution in [3.8, 4) is 23.0 Å². The standard InChI is InChI=1S/C34H31ClN2O5S/c1-3-39-30-18-24(20-32-33(38)37-34(43-32)36-27-14-12-26(35)13-15-27)10-16-28(30)42-22-25-11-17-29(31(19-25)40-4-2)41-21-23-8-6-5-7-9-23/h5-20H,3-4,21-22H2,1-2H3,(H,36,37,38)/b32-20+. The molecule has 1 heterocycles. The number of nitrogens with one attached hydrogen (secondary N) is 1. The molecule has 9 heteroatoms. The second-order valence-corrected chi connectivity index (χ2v) is 10.8. The summed E-state index contributed by atoms with van der Waals surface area (Å²) in [6.45, 7) is 5.59. The fraction of sp³-hybridized carbons (Fsp3) is 0.176. The number of amidine groups is 1. The van der Waals surface area contributed by atoms with Crippen LogP contribution in [0.15, 0.2) is 101 Å². The van der Waals surface area contributed by atoms with Crippen LogP contribution in [0.2, 0.25) is 5.02 Å². The summed E-state index contributed by atoms with van der Waals surface area (Å²) in [5, 5.41) is 3.94. The second kappa shape index (κ2) is 14.7. The van der Waals surface area contributed by atoms with E-state index in [2.05, 4.69) is 10.3 Å². The minimum Gasteiger partial charge on any atom is -0.490 e. The van der Waals surface area contributed by atoms with Crippen LogP contribution in [-0.2, 0) is 18.0 Å². The lowest BCUT2D eigenvalue weighted by Gasteiger charge is -2.15. The van der Waals surface area contributed by atoms with Gasteiger partial charge in [0.1, 0.15) is 13.2 Å². The molecule has 0 atom stereocenters. The second-order valence-electron chi connectivity index (χ2n) is 9.37. The normalized spacial score (nSPS) is 14.5. The molecule has 0 radical (unpaired) electrons. The zero-order valence-corrected chi connectivity index (χ0v) is 25.4. The quantitative estimate of drug-likeness (QED) is 0.162. The molecule has 0 saturated carbocycles. The molecule has 4 aromatic rings. The van der Waals surface area contributed by atoms with E-state index in [9.17, 15) is 4.79 Å². The highest BCUT2D eigenvalue weighted by Gasteiger charge is 2.24. The van der Waals surface area contributed by atoms with E-state index in [0.29, 0.717) is 70.2 Å². The SMILES string of the molecule is CCOc1cc(/C=C2/SC(=Nc3ccc(Cl)cc3)NC2=O)ccc1OCc1ccc(OCc2ccccc2)c(OCC)c1. The zero-order chi connectivity index (χ0) is 30.0. The summed E-state index contributed by atoms with van der Waals surface area (Å²) in [5.74, 6) is 2.32. The third-order valence-corrected chi connectivity index (χ3v) is 7.37. The molecule has 1 N–H and O–H groups in total. The fourth-order valence-corrected chi connectivity index (χ4v) is 5.16. The number of hydrogen-bond donors (Lipinski definition) is 1. The van der Waals surface area contributed by atoms with Gasteiger partial charge in [-0.15, -0.1) is 0 Å². The van der Waals surface area contributed by atoms with Crippen LogP contribution < -0.4 is 24.3 Å². The Morgan fingerprint density at radius 3 is 2.09 bits per heavy atom. The summed E-state index contributed by atoms with van der Waals surface area (Å²) in [4.78, 5) is 17.6. The highest BCUT2D eigenvalue weighted by molar-refractivity contribution is 8.18. The van der Waals surface area contributed by atoms with Crippen molar-refractivity contribution >= 4 is 46.2 Å². The van der Waals surface area contributed by atoms with E-state index < -0.39 is 0 Å². The fourth-order valence-electron chi connectivity index (χ4n) is 4.19. The molecular weight excluding hydrogens is 584 g/mol. The van der Waals surface area contributed by atoms with E-state index >= 15 is 0 Å². The van der Waals surface area contributed by atoms with Crippen molar-refractivity contribution in [1.29, 1.82) is 0 Å². The molecule has 7 nitrogen and oxygen atoms in total. The van der Waals surface area contributed by atoms with Crippen LogP contribution in [0.1, 0.15) is 30.5 Å². The number of carbonyl (C=O) groups is 1. The third-order valence-electron chi connectivity index (χ3n) is 6.21. The van der Waals surface area contributed by atoms with Gasteiger partial charge in [-0.05, 0) is 96.9 Å². The van der Waals surface area contributed by atoms with Crippen molar-refractivity contribution in [2.24, 2.45) is 4.99 Å². The number of thioether (sulfide) groups is 1. The topological polar surface area (TPSA) is 78.4 Å². The number of ether oxygens (including phenoxy) is 4. The molecule has 0 aliphatic carbocycles. The first-order valence-corrected chi connectivity index (χ1v) is 15.1. The molecule has 220 valence electrons. The van der Waals surface area contributed by atoms with Gasteiger partial charge >= 0.3 is 0 Å². The van der Waals surface area contributed by atoms with Gasteiger partial charge in [0.05, 0.1) is 23.8 Å². The van der Waals surface area contributed by atoms with E-state index in [0.717, 1.165) is 16.7 Å². The van der Waals surface area contributed by atoms with Crippen molar-refractivity contribution in [3.05, 3.63) is 118 Å². The van der Waals surface area contributed by atoms with Gasteiger partial charge in [0.25, 0.3) is 5.91 Å². The Morgan fingerprint density at radius 2 is 1.40 bits per heavy atom. The Balaban J connectivity index is 1.26. The van der Waals surface area contributed by atoms with Crippen molar-refractivity contribution in [3.63, 3.8) is 0 Å². The molecule has 5 rings (SSSR count). The lowest BCUT2D eigenvalue weighted by Crippen LogP contribution is -2.19. The van der Waals surface area contributed by atoms with Gasteiger partial charge < -0.3 is 24.3 Å². The molecule has 1 aliphatic rings. The molecular formula is C34H31ClN2O5S. The molecule has 1 fully saturated rings. The summed E-state index contributed by atoms with van der Waals surface area (Å²) >= 11 is 7.23. The van der Waals surface area contributed by atoms with Crippen molar-refractivity contribution < 1.29 is 23.7 Å². The van der Waals surface area contributed by atoms with Gasteiger partial charge in [-0.3, -0.25) is 4.79 Å². The van der Waals surface area contributed by atoms with E-state index in [1.807, 2.05) is 80.6 Å². The van der Waals surface area contributed by atoms with Crippen LogP contribution >= 0.6 is 23.4 Å². The molecule has 1 saturated heterocycles. The third kappa shape index (κ3) is 8.34. The number of rotatable bonds is 12. The highest BCUT2D eigenvalue weighted by Crippen LogP contribution is 2.34. The molecule has 1 amide bonds. The van der Waals surface area contributed by atoms with Crippen LogP contribution in [-0.4, -0.2) is 24.3 Å². The number of hydrogen-bond acceptors (Lipinski definition) is 7. The van der Waals surface area contributed by atoms with E-state index in [1.165, 1.54) is 11.8 Å². The van der Waals surface area contributed by atoms with Crippen LogP contribution in [0.25, 0.3) is 6.08 Å². The first-order chi connectivity index (χ1) is 21.0. The monoisotopic (exact) mass is 614 g/mol. The average Bonchev–Trinajstić information content (AvgIpc) is 3.36. The van der Waals surface area contributed by atoms with Crippen LogP contribution in [0.5, 0.6) is 23.0 Å². The van der Waals surface area contributed by atoms with Gasteiger partial charge in [0, 0.05) is 5.02 Å². The molecule has 0 bridgehead atoms. The summed E-state index contributed by atoms with van der Waals surface area (Å²) in [5.41, 5.74) is 3.52. The van der Waals surface area contributed by atoms with Crippen molar-refractivity contribution in [2.75, 3.05) is 13.2 Å². The predicted molar refractivity (Wildman–Crippen MR) is 173 cm³/mol. The van der Waals surface area contributed by atoms with Gasteiger partial charge in [-0.2, -0.15) is 0 Å². The largest absolute Gasteiger partial charge is 0.490 e. The Kier molecular flexibility index (Phi) is 10.3. The summed E-state index contributed by atoms with van der Waals surface area (Å²) < 4.78 is 23.9. The maximum Gasteiger partial charge on any atom is 0.264 e. The maximum absolute atomic E-state index is 12.6. The Labute approximate surface area is 260 Å². The number of benzene rings is 4. The number of amides is 1. The van der Waals surface area contributed by atoms with E-state index in [1.54, 1.807) is 30.3 Å². The zero-order valence-electron chi connectivity index (χ0n) is 23.8. The average molecular weight is 615 g/mol. The maximum atomic E-state index is 12.6. The molecule has 0 spiro atoms. The summed E-state index contributed by atoms with van der Waals surface area (Å²) in [6.07, 6.45) is 1.80. The molecule has 0 aromatic heterocycles. The Morgan fingerprint density at radius 1 is 0.744 bits per heavy atom. The lowest BCUT2D eigenvalue weighted by molar-refractivity contribution is -0.115. The summed E-state index contributed by atoms with van der Waals surface area (Å²) in [7, 11) is 0. The molecule has 4 aromatic carbocycles. The summed E-state index contributed by atoms with van der Waals surface area (Å²) in [6, 6.07) is 28.5. The molecule has 43 heavy (non-hydrogen) atoms.